The second-order valence-corrected chi connectivity index (χ2v) is 4.89. The zero-order chi connectivity index (χ0) is 17.4. The summed E-state index contributed by atoms with van der Waals surface area (Å²) in [5.74, 6) is -4.21. The van der Waals surface area contributed by atoms with Crippen molar-refractivity contribution in [2.75, 3.05) is 26.6 Å². The van der Waals surface area contributed by atoms with Crippen LogP contribution in [0.2, 0.25) is 0 Å². The van der Waals surface area contributed by atoms with Gasteiger partial charge in [-0.1, -0.05) is 6.58 Å². The van der Waals surface area contributed by atoms with Crippen LogP contribution in [0.25, 0.3) is 0 Å². The van der Waals surface area contributed by atoms with Gasteiger partial charge in [-0.2, -0.15) is 8.78 Å². The average Bonchev–Trinajstić information content (AvgIpc) is 2.40. The Hall–Kier alpha value is -1.77. The Balaban J connectivity index is 4.08. The summed E-state index contributed by atoms with van der Waals surface area (Å²) in [5, 5.41) is 2.12. The molecule has 0 aromatic rings. The fraction of sp³-hybridized carbons (Fsp3) is 0.692. The molecule has 0 bridgehead atoms. The Morgan fingerprint density at radius 3 is 2.32 bits per heavy atom. The van der Waals surface area contributed by atoms with Crippen LogP contribution in [0.15, 0.2) is 12.2 Å². The van der Waals surface area contributed by atoms with Crippen molar-refractivity contribution in [2.45, 2.75) is 32.3 Å². The molecule has 0 rings (SSSR count). The number of amides is 1. The highest BCUT2D eigenvalue weighted by molar-refractivity contribution is 5.86. The maximum atomic E-state index is 13.7. The monoisotopic (exact) mass is 327 g/mol. The molecule has 0 aromatic carbocycles. The number of alkyl halides is 3. The lowest BCUT2D eigenvalue weighted by Gasteiger charge is -2.32. The molecule has 0 spiro atoms. The Bertz CT molecular complexity index is 412. The molecule has 0 heterocycles. The number of carbonyl (C=O) groups excluding carboxylic acids is 2. The third-order valence-electron chi connectivity index (χ3n) is 2.63. The molecule has 0 fully saturated rings. The highest BCUT2D eigenvalue weighted by Gasteiger charge is 2.49. The molecule has 0 radical (unpaired) electrons. The van der Waals surface area contributed by atoms with E-state index in [1.807, 2.05) is 0 Å². The minimum atomic E-state index is -3.58. The molecule has 22 heavy (non-hydrogen) atoms. The van der Waals surface area contributed by atoms with E-state index in [1.165, 1.54) is 6.92 Å². The van der Waals surface area contributed by atoms with Gasteiger partial charge in [0.25, 0.3) is 0 Å². The third kappa shape index (κ3) is 6.79. The molecule has 9 heteroatoms. The van der Waals surface area contributed by atoms with Crippen molar-refractivity contribution in [1.82, 2.24) is 5.32 Å². The van der Waals surface area contributed by atoms with Crippen LogP contribution in [-0.4, -0.2) is 50.2 Å². The number of hydrogen-bond donors (Lipinski definition) is 1. The number of ether oxygens (including phenoxy) is 3. The number of halogens is 3. The second kappa shape index (κ2) is 8.62. The average molecular weight is 327 g/mol. The van der Waals surface area contributed by atoms with Crippen LogP contribution in [0.4, 0.5) is 18.0 Å². The quantitative estimate of drug-likeness (QED) is 0.399. The minimum absolute atomic E-state index is 0.117. The summed E-state index contributed by atoms with van der Waals surface area (Å²) in [4.78, 5) is 22.2. The van der Waals surface area contributed by atoms with Gasteiger partial charge in [0.15, 0.2) is 13.5 Å². The van der Waals surface area contributed by atoms with Crippen molar-refractivity contribution in [2.24, 2.45) is 0 Å². The highest BCUT2D eigenvalue weighted by atomic mass is 19.3. The van der Waals surface area contributed by atoms with E-state index in [1.54, 1.807) is 0 Å². The van der Waals surface area contributed by atoms with Crippen molar-refractivity contribution < 1.29 is 37.0 Å². The number of nitrogens with one attached hydrogen (secondary N) is 1. The molecule has 0 aliphatic heterocycles. The smallest absolute Gasteiger partial charge is 0.407 e. The summed E-state index contributed by atoms with van der Waals surface area (Å²) >= 11 is 0. The molecular weight excluding hydrogens is 307 g/mol. The standard InChI is InChI=1S/C13H20F3NO5/c1-9(2)10(18)20-6-5-17-11(19)21-7-13(15,16)12(3,4)22-8-14/h1,5-8H2,2-4H3,(H,17,19). The van der Waals surface area contributed by atoms with Crippen LogP contribution in [0, 0.1) is 0 Å². The first kappa shape index (κ1) is 20.2. The van der Waals surface area contributed by atoms with Crippen LogP contribution >= 0.6 is 0 Å². The summed E-state index contributed by atoms with van der Waals surface area (Å²) in [7, 11) is 0. The predicted octanol–water partition coefficient (Wildman–Crippen LogP) is 2.19. The van der Waals surface area contributed by atoms with Crippen molar-refractivity contribution in [3.63, 3.8) is 0 Å². The molecule has 1 amide bonds. The molecule has 1 N–H and O–H groups in total. The van der Waals surface area contributed by atoms with Crippen LogP contribution in [0.1, 0.15) is 20.8 Å². The Morgan fingerprint density at radius 2 is 1.82 bits per heavy atom. The zero-order valence-electron chi connectivity index (χ0n) is 12.7. The van der Waals surface area contributed by atoms with Gasteiger partial charge in [-0.15, -0.1) is 0 Å². The van der Waals surface area contributed by atoms with E-state index in [0.29, 0.717) is 0 Å². The lowest BCUT2D eigenvalue weighted by Crippen LogP contribution is -2.49. The Labute approximate surface area is 126 Å². The molecule has 6 nitrogen and oxygen atoms in total. The Morgan fingerprint density at radius 1 is 1.23 bits per heavy atom. The van der Waals surface area contributed by atoms with Gasteiger partial charge >= 0.3 is 18.0 Å². The third-order valence-corrected chi connectivity index (χ3v) is 2.63. The minimum Gasteiger partial charge on any atom is -0.460 e. The van der Waals surface area contributed by atoms with Crippen LogP contribution in [0.3, 0.4) is 0 Å². The number of alkyl carbamates (subject to hydrolysis) is 1. The van der Waals surface area contributed by atoms with Crippen molar-refractivity contribution in [3.05, 3.63) is 12.2 Å². The molecule has 128 valence electrons. The van der Waals surface area contributed by atoms with Gasteiger partial charge in [0.1, 0.15) is 12.2 Å². The van der Waals surface area contributed by atoms with Gasteiger partial charge in [-0.3, -0.25) is 0 Å². The molecular formula is C13H20F3NO5. The molecule has 0 saturated heterocycles. The molecule has 0 unspecified atom stereocenters. The molecule has 0 aliphatic rings. The lowest BCUT2D eigenvalue weighted by molar-refractivity contribution is -0.220. The topological polar surface area (TPSA) is 73.9 Å². The number of rotatable bonds is 9. The van der Waals surface area contributed by atoms with Gasteiger partial charge < -0.3 is 19.5 Å². The normalized spacial score (nSPS) is 11.7. The van der Waals surface area contributed by atoms with Crippen molar-refractivity contribution >= 4 is 12.1 Å². The Kier molecular flexibility index (Phi) is 7.93. The van der Waals surface area contributed by atoms with E-state index in [4.69, 9.17) is 0 Å². The van der Waals surface area contributed by atoms with E-state index in [-0.39, 0.29) is 18.7 Å². The maximum absolute atomic E-state index is 13.7. The summed E-state index contributed by atoms with van der Waals surface area (Å²) in [6.45, 7) is 3.82. The lowest BCUT2D eigenvalue weighted by atomic mass is 10.0. The van der Waals surface area contributed by atoms with E-state index in [0.717, 1.165) is 13.8 Å². The van der Waals surface area contributed by atoms with Gasteiger partial charge in [0.05, 0.1) is 6.54 Å². The van der Waals surface area contributed by atoms with Crippen molar-refractivity contribution in [3.8, 4) is 0 Å². The summed E-state index contributed by atoms with van der Waals surface area (Å²) in [6, 6.07) is 0. The summed E-state index contributed by atoms with van der Waals surface area (Å²) in [6.07, 6.45) is -1.12. The van der Waals surface area contributed by atoms with E-state index in [2.05, 4.69) is 26.1 Å². The van der Waals surface area contributed by atoms with Gasteiger partial charge in [0.2, 0.25) is 0 Å². The van der Waals surface area contributed by atoms with Crippen molar-refractivity contribution in [1.29, 1.82) is 0 Å². The second-order valence-electron chi connectivity index (χ2n) is 4.89. The molecule has 0 aromatic heterocycles. The first-order chi connectivity index (χ1) is 10.0. The highest BCUT2D eigenvalue weighted by Crippen LogP contribution is 2.32. The SMILES string of the molecule is C=C(C)C(=O)OCCNC(=O)OCC(F)(F)C(C)(C)OCF. The molecule has 0 aliphatic carbocycles. The maximum Gasteiger partial charge on any atom is 0.407 e. The number of esters is 1. The fourth-order valence-corrected chi connectivity index (χ4v) is 1.04. The van der Waals surface area contributed by atoms with Crippen LogP contribution in [-0.2, 0) is 19.0 Å². The largest absolute Gasteiger partial charge is 0.460 e. The van der Waals surface area contributed by atoms with E-state index >= 15 is 0 Å². The van der Waals surface area contributed by atoms with E-state index < -0.39 is 37.1 Å². The first-order valence-electron chi connectivity index (χ1n) is 6.34. The zero-order valence-corrected chi connectivity index (χ0v) is 12.7. The van der Waals surface area contributed by atoms with Gasteiger partial charge in [-0.05, 0) is 20.8 Å². The van der Waals surface area contributed by atoms with Crippen LogP contribution < -0.4 is 5.32 Å². The first-order valence-corrected chi connectivity index (χ1v) is 6.34. The number of carbonyl (C=O) groups is 2. The predicted molar refractivity (Wildman–Crippen MR) is 71.2 cm³/mol. The number of hydrogen-bond acceptors (Lipinski definition) is 5. The van der Waals surface area contributed by atoms with Crippen LogP contribution in [0.5, 0.6) is 0 Å². The molecule has 0 saturated carbocycles. The fourth-order valence-electron chi connectivity index (χ4n) is 1.04. The summed E-state index contributed by atoms with van der Waals surface area (Å²) < 4.78 is 52.6. The molecule has 0 atom stereocenters. The summed E-state index contributed by atoms with van der Waals surface area (Å²) in [5.41, 5.74) is -1.93. The van der Waals surface area contributed by atoms with E-state index in [9.17, 15) is 22.8 Å². The van der Waals surface area contributed by atoms with Gasteiger partial charge in [0, 0.05) is 5.57 Å². The van der Waals surface area contributed by atoms with Gasteiger partial charge in [-0.25, -0.2) is 14.0 Å².